The van der Waals surface area contributed by atoms with E-state index in [4.69, 9.17) is 4.52 Å². The minimum atomic E-state index is -0.208. The third kappa shape index (κ3) is 3.01. The molecule has 1 saturated carbocycles. The fraction of sp³-hybridized carbons (Fsp3) is 0.235. The van der Waals surface area contributed by atoms with Crippen LogP contribution in [0.15, 0.2) is 47.5 Å². The first kappa shape index (κ1) is 14.5. The van der Waals surface area contributed by atoms with Crippen molar-refractivity contribution in [2.75, 3.05) is 0 Å². The summed E-state index contributed by atoms with van der Waals surface area (Å²) in [5.74, 6) is 1.38. The van der Waals surface area contributed by atoms with Gasteiger partial charge < -0.3 is 9.84 Å². The molecular formula is C17H15N5O2. The number of hydrogen-bond donors (Lipinski definition) is 1. The van der Waals surface area contributed by atoms with E-state index < -0.39 is 0 Å². The second kappa shape index (κ2) is 6.19. The number of carbonyl (C=O) groups is 1. The second-order valence-corrected chi connectivity index (χ2v) is 5.68. The molecule has 2 aromatic heterocycles. The van der Waals surface area contributed by atoms with Gasteiger partial charge in [-0.25, -0.2) is 9.97 Å². The molecular weight excluding hydrogens is 306 g/mol. The number of benzene rings is 1. The van der Waals surface area contributed by atoms with Crippen LogP contribution in [0.25, 0.3) is 11.1 Å². The molecule has 0 saturated heterocycles. The van der Waals surface area contributed by atoms with Gasteiger partial charge in [-0.2, -0.15) is 4.98 Å². The first-order valence-corrected chi connectivity index (χ1v) is 7.76. The van der Waals surface area contributed by atoms with E-state index in [0.29, 0.717) is 17.4 Å². The smallest absolute Gasteiger partial charge is 0.252 e. The van der Waals surface area contributed by atoms with Gasteiger partial charge in [0.25, 0.3) is 5.91 Å². The van der Waals surface area contributed by atoms with Crippen LogP contribution in [0.4, 0.5) is 0 Å². The summed E-state index contributed by atoms with van der Waals surface area (Å²) in [5.41, 5.74) is 2.12. The van der Waals surface area contributed by atoms with Gasteiger partial charge in [0, 0.05) is 29.4 Å². The van der Waals surface area contributed by atoms with E-state index in [1.54, 1.807) is 18.5 Å². The zero-order valence-corrected chi connectivity index (χ0v) is 12.8. The molecule has 7 nitrogen and oxygen atoms in total. The molecule has 3 aromatic rings. The lowest BCUT2D eigenvalue weighted by molar-refractivity contribution is 0.0947. The lowest BCUT2D eigenvalue weighted by Gasteiger charge is -2.08. The molecule has 1 aliphatic rings. The Labute approximate surface area is 138 Å². The molecule has 2 heterocycles. The van der Waals surface area contributed by atoms with E-state index in [9.17, 15) is 4.79 Å². The van der Waals surface area contributed by atoms with Crippen molar-refractivity contribution in [2.45, 2.75) is 25.3 Å². The van der Waals surface area contributed by atoms with Gasteiger partial charge in [-0.3, -0.25) is 4.79 Å². The third-order valence-corrected chi connectivity index (χ3v) is 3.87. The number of rotatable bonds is 5. The van der Waals surface area contributed by atoms with Gasteiger partial charge in [0.15, 0.2) is 5.82 Å². The fourth-order valence-corrected chi connectivity index (χ4v) is 2.47. The maximum atomic E-state index is 12.5. The molecule has 1 aliphatic carbocycles. The number of carbonyl (C=O) groups excluding carboxylic acids is 1. The first-order chi connectivity index (χ1) is 11.8. The highest BCUT2D eigenvalue weighted by atomic mass is 16.5. The van der Waals surface area contributed by atoms with Crippen LogP contribution >= 0.6 is 0 Å². The van der Waals surface area contributed by atoms with Crippen molar-refractivity contribution in [3.05, 3.63) is 60.3 Å². The van der Waals surface area contributed by atoms with E-state index in [-0.39, 0.29) is 12.5 Å². The van der Waals surface area contributed by atoms with Crippen LogP contribution in [0, 0.1) is 0 Å². The molecule has 0 aliphatic heterocycles. The summed E-state index contributed by atoms with van der Waals surface area (Å²) in [5, 5.41) is 6.76. The van der Waals surface area contributed by atoms with Gasteiger partial charge in [-0.15, -0.1) is 0 Å². The topological polar surface area (TPSA) is 93.8 Å². The lowest BCUT2D eigenvalue weighted by Crippen LogP contribution is -2.23. The number of amides is 1. The van der Waals surface area contributed by atoms with Crippen molar-refractivity contribution in [1.29, 1.82) is 0 Å². The van der Waals surface area contributed by atoms with Crippen LogP contribution in [0.1, 0.15) is 40.8 Å². The third-order valence-electron chi connectivity index (χ3n) is 3.87. The molecule has 24 heavy (non-hydrogen) atoms. The minimum absolute atomic E-state index is 0.207. The number of hydrogen-bond acceptors (Lipinski definition) is 6. The maximum absolute atomic E-state index is 12.5. The van der Waals surface area contributed by atoms with Crippen molar-refractivity contribution >= 4 is 5.91 Å². The van der Waals surface area contributed by atoms with Gasteiger partial charge in [0.05, 0.1) is 6.54 Å². The largest absolute Gasteiger partial charge is 0.343 e. The van der Waals surface area contributed by atoms with Crippen molar-refractivity contribution in [1.82, 2.24) is 25.4 Å². The summed E-state index contributed by atoms with van der Waals surface area (Å²) in [7, 11) is 0. The van der Waals surface area contributed by atoms with Crippen LogP contribution in [-0.2, 0) is 6.54 Å². The Morgan fingerprint density at radius 1 is 1.21 bits per heavy atom. The summed E-state index contributed by atoms with van der Waals surface area (Å²) in [6, 6.07) is 7.33. The van der Waals surface area contributed by atoms with Crippen LogP contribution in [0.3, 0.4) is 0 Å². The van der Waals surface area contributed by atoms with Crippen LogP contribution in [0.5, 0.6) is 0 Å². The highest BCUT2D eigenvalue weighted by molar-refractivity contribution is 6.00. The van der Waals surface area contributed by atoms with E-state index in [1.807, 2.05) is 18.2 Å². The molecule has 0 unspecified atom stereocenters. The Morgan fingerprint density at radius 3 is 2.79 bits per heavy atom. The summed E-state index contributed by atoms with van der Waals surface area (Å²) >= 11 is 0. The normalized spacial score (nSPS) is 13.7. The van der Waals surface area contributed by atoms with Gasteiger partial charge >= 0.3 is 0 Å². The maximum Gasteiger partial charge on any atom is 0.252 e. The van der Waals surface area contributed by atoms with E-state index >= 15 is 0 Å². The zero-order valence-electron chi connectivity index (χ0n) is 12.8. The Morgan fingerprint density at radius 2 is 2.00 bits per heavy atom. The standard InChI is InChI=1S/C17H15N5O2/c23-17(20-9-15-21-16(22-24-15)11-5-6-11)14-4-2-1-3-13(14)12-7-18-10-19-8-12/h1-4,7-8,10-11H,5-6,9H2,(H,20,23). The highest BCUT2D eigenvalue weighted by Gasteiger charge is 2.28. The number of aromatic nitrogens is 4. The van der Waals surface area contributed by atoms with Crippen molar-refractivity contribution in [3.63, 3.8) is 0 Å². The zero-order chi connectivity index (χ0) is 16.4. The molecule has 0 radical (unpaired) electrons. The predicted octanol–water partition coefficient (Wildman–Crippen LogP) is 2.33. The molecule has 0 spiro atoms. The Bertz CT molecular complexity index is 858. The number of nitrogens with zero attached hydrogens (tertiary/aromatic N) is 4. The second-order valence-electron chi connectivity index (χ2n) is 5.68. The number of nitrogens with one attached hydrogen (secondary N) is 1. The van der Waals surface area contributed by atoms with E-state index in [1.165, 1.54) is 6.33 Å². The Kier molecular flexibility index (Phi) is 3.74. The Hall–Kier alpha value is -3.09. The van der Waals surface area contributed by atoms with Crippen LogP contribution in [0.2, 0.25) is 0 Å². The molecule has 1 fully saturated rings. The average molecular weight is 321 g/mol. The lowest BCUT2D eigenvalue weighted by atomic mass is 10.0. The SMILES string of the molecule is O=C(NCc1nc(C2CC2)no1)c1ccccc1-c1cncnc1. The molecule has 1 N–H and O–H groups in total. The van der Waals surface area contributed by atoms with Gasteiger partial charge in [0.2, 0.25) is 5.89 Å². The molecule has 0 atom stereocenters. The quantitative estimate of drug-likeness (QED) is 0.775. The molecule has 1 amide bonds. The van der Waals surface area contributed by atoms with E-state index in [0.717, 1.165) is 29.8 Å². The van der Waals surface area contributed by atoms with Crippen molar-refractivity contribution in [3.8, 4) is 11.1 Å². The van der Waals surface area contributed by atoms with Gasteiger partial charge in [-0.1, -0.05) is 23.4 Å². The van der Waals surface area contributed by atoms with Crippen LogP contribution < -0.4 is 5.32 Å². The summed E-state index contributed by atoms with van der Waals surface area (Å²) in [4.78, 5) is 24.8. The minimum Gasteiger partial charge on any atom is -0.343 e. The summed E-state index contributed by atoms with van der Waals surface area (Å²) in [6.45, 7) is 0.207. The Balaban J connectivity index is 1.50. The molecule has 1 aromatic carbocycles. The van der Waals surface area contributed by atoms with Crippen molar-refractivity contribution in [2.24, 2.45) is 0 Å². The van der Waals surface area contributed by atoms with Gasteiger partial charge in [0.1, 0.15) is 6.33 Å². The predicted molar refractivity (Wildman–Crippen MR) is 84.9 cm³/mol. The molecule has 7 heteroatoms. The van der Waals surface area contributed by atoms with Crippen molar-refractivity contribution < 1.29 is 9.32 Å². The van der Waals surface area contributed by atoms with Gasteiger partial charge in [-0.05, 0) is 24.5 Å². The fourth-order valence-electron chi connectivity index (χ4n) is 2.47. The van der Waals surface area contributed by atoms with E-state index in [2.05, 4.69) is 25.4 Å². The molecule has 0 bridgehead atoms. The summed E-state index contributed by atoms with van der Waals surface area (Å²) in [6.07, 6.45) is 7.03. The monoisotopic (exact) mass is 321 g/mol. The first-order valence-electron chi connectivity index (χ1n) is 7.76. The highest BCUT2D eigenvalue weighted by Crippen LogP contribution is 2.38. The molecule has 4 rings (SSSR count). The molecule has 120 valence electrons. The van der Waals surface area contributed by atoms with Crippen LogP contribution in [-0.4, -0.2) is 26.0 Å². The average Bonchev–Trinajstić information content (AvgIpc) is 3.39. The summed E-state index contributed by atoms with van der Waals surface area (Å²) < 4.78 is 5.17.